The molecule has 0 atom stereocenters. The first-order valence-electron chi connectivity index (χ1n) is 8.04. The number of hydrogen-bond acceptors (Lipinski definition) is 4. The zero-order valence-electron chi connectivity index (χ0n) is 13.7. The summed E-state index contributed by atoms with van der Waals surface area (Å²) in [5.41, 5.74) is 3.93. The van der Waals surface area contributed by atoms with Crippen molar-refractivity contribution in [2.75, 3.05) is 26.3 Å². The van der Waals surface area contributed by atoms with Crippen LogP contribution in [0.5, 0.6) is 5.75 Å². The highest BCUT2D eigenvalue weighted by molar-refractivity contribution is 9.10. The van der Waals surface area contributed by atoms with Gasteiger partial charge in [0.15, 0.2) is 0 Å². The molecule has 1 N–H and O–H groups in total. The summed E-state index contributed by atoms with van der Waals surface area (Å²) in [5, 5.41) is 10.1. The second-order valence-electron chi connectivity index (χ2n) is 6.00. The van der Waals surface area contributed by atoms with Gasteiger partial charge in [-0.3, -0.25) is 9.89 Å². The Morgan fingerprint density at radius 3 is 2.62 bits per heavy atom. The van der Waals surface area contributed by atoms with E-state index < -0.39 is 0 Å². The van der Waals surface area contributed by atoms with Gasteiger partial charge in [0.1, 0.15) is 5.75 Å². The molecule has 1 aliphatic heterocycles. The highest BCUT2D eigenvalue weighted by atomic mass is 79.9. The Labute approximate surface area is 150 Å². The number of ether oxygens (including phenoxy) is 1. The fraction of sp³-hybridized carbons (Fsp3) is 0.316. The number of aryl methyl sites for hydroxylation is 1. The number of aliphatic imine (C=N–C) groups is 1. The summed E-state index contributed by atoms with van der Waals surface area (Å²) in [4.78, 5) is 6.86. The number of phenols is 1. The molecule has 3 rings (SSSR count). The van der Waals surface area contributed by atoms with Gasteiger partial charge >= 0.3 is 0 Å². The van der Waals surface area contributed by atoms with Crippen LogP contribution in [0.2, 0.25) is 0 Å². The topological polar surface area (TPSA) is 45.1 Å². The molecule has 1 heterocycles. The van der Waals surface area contributed by atoms with Gasteiger partial charge in [0, 0.05) is 31.4 Å². The second kappa shape index (κ2) is 7.92. The molecular formula is C19H21BrN2O2. The SMILES string of the molecule is Cc1cc(Br)c(O)c(C=Nc2ccc(CN3CCOCC3)cc2)c1. The zero-order valence-corrected chi connectivity index (χ0v) is 15.3. The molecular weight excluding hydrogens is 368 g/mol. The van der Waals surface area contributed by atoms with Crippen molar-refractivity contribution in [2.45, 2.75) is 13.5 Å². The fourth-order valence-corrected chi connectivity index (χ4v) is 3.30. The summed E-state index contributed by atoms with van der Waals surface area (Å²) in [7, 11) is 0. The first kappa shape index (κ1) is 17.1. The van der Waals surface area contributed by atoms with E-state index in [2.05, 4.69) is 38.0 Å². The van der Waals surface area contributed by atoms with Crippen molar-refractivity contribution in [1.82, 2.24) is 4.90 Å². The molecule has 4 nitrogen and oxygen atoms in total. The number of halogens is 1. The average molecular weight is 389 g/mol. The molecule has 1 fully saturated rings. The zero-order chi connectivity index (χ0) is 16.9. The van der Waals surface area contributed by atoms with Gasteiger partial charge in [-0.1, -0.05) is 12.1 Å². The minimum atomic E-state index is 0.216. The molecule has 0 spiro atoms. The lowest BCUT2D eigenvalue weighted by Gasteiger charge is -2.26. The average Bonchev–Trinajstić information content (AvgIpc) is 2.59. The summed E-state index contributed by atoms with van der Waals surface area (Å²) in [6.45, 7) is 6.54. The molecule has 0 bridgehead atoms. The molecule has 1 saturated heterocycles. The molecule has 0 radical (unpaired) electrons. The van der Waals surface area contributed by atoms with E-state index in [4.69, 9.17) is 4.74 Å². The molecule has 0 aromatic heterocycles. The fourth-order valence-electron chi connectivity index (χ4n) is 2.71. The van der Waals surface area contributed by atoms with Gasteiger partial charge in [0.2, 0.25) is 0 Å². The molecule has 0 amide bonds. The van der Waals surface area contributed by atoms with Crippen molar-refractivity contribution < 1.29 is 9.84 Å². The maximum Gasteiger partial charge on any atom is 0.138 e. The molecule has 2 aromatic carbocycles. The van der Waals surface area contributed by atoms with Crippen molar-refractivity contribution >= 4 is 27.8 Å². The van der Waals surface area contributed by atoms with Crippen LogP contribution >= 0.6 is 15.9 Å². The van der Waals surface area contributed by atoms with Gasteiger partial charge in [0.05, 0.1) is 23.4 Å². The minimum Gasteiger partial charge on any atom is -0.506 e. The Bertz CT molecular complexity index is 723. The third kappa shape index (κ3) is 4.44. The highest BCUT2D eigenvalue weighted by Gasteiger charge is 2.10. The van der Waals surface area contributed by atoms with Crippen molar-refractivity contribution in [3.63, 3.8) is 0 Å². The molecule has 2 aromatic rings. The Morgan fingerprint density at radius 2 is 1.92 bits per heavy atom. The molecule has 126 valence electrons. The van der Waals surface area contributed by atoms with Crippen LogP contribution in [0.1, 0.15) is 16.7 Å². The molecule has 0 saturated carbocycles. The predicted molar refractivity (Wildman–Crippen MR) is 100 cm³/mol. The van der Waals surface area contributed by atoms with Gasteiger partial charge in [-0.25, -0.2) is 0 Å². The largest absolute Gasteiger partial charge is 0.506 e. The van der Waals surface area contributed by atoms with Crippen LogP contribution in [-0.4, -0.2) is 42.5 Å². The lowest BCUT2D eigenvalue weighted by Crippen LogP contribution is -2.35. The number of aromatic hydroxyl groups is 1. The van der Waals surface area contributed by atoms with Crippen molar-refractivity contribution in [2.24, 2.45) is 4.99 Å². The number of phenolic OH excluding ortho intramolecular Hbond substituents is 1. The molecule has 24 heavy (non-hydrogen) atoms. The van der Waals surface area contributed by atoms with Crippen molar-refractivity contribution in [3.8, 4) is 5.75 Å². The van der Waals surface area contributed by atoms with Crippen LogP contribution in [-0.2, 0) is 11.3 Å². The third-order valence-electron chi connectivity index (χ3n) is 4.04. The molecule has 0 unspecified atom stereocenters. The Balaban J connectivity index is 1.67. The number of hydrogen-bond donors (Lipinski definition) is 1. The first-order valence-corrected chi connectivity index (χ1v) is 8.83. The van der Waals surface area contributed by atoms with E-state index in [0.29, 0.717) is 10.0 Å². The van der Waals surface area contributed by atoms with Gasteiger partial charge in [-0.15, -0.1) is 0 Å². The Morgan fingerprint density at radius 1 is 1.21 bits per heavy atom. The smallest absolute Gasteiger partial charge is 0.138 e. The van der Waals surface area contributed by atoms with E-state index in [0.717, 1.165) is 44.1 Å². The van der Waals surface area contributed by atoms with Gasteiger partial charge < -0.3 is 9.84 Å². The van der Waals surface area contributed by atoms with Crippen LogP contribution < -0.4 is 0 Å². The van der Waals surface area contributed by atoms with Crippen molar-refractivity contribution in [1.29, 1.82) is 0 Å². The van der Waals surface area contributed by atoms with Gasteiger partial charge in [-0.05, 0) is 58.2 Å². The van der Waals surface area contributed by atoms with E-state index in [1.54, 1.807) is 6.21 Å². The maximum atomic E-state index is 10.1. The molecule has 1 aliphatic rings. The summed E-state index contributed by atoms with van der Waals surface area (Å²) < 4.78 is 6.06. The van der Waals surface area contributed by atoms with E-state index in [1.807, 2.05) is 31.2 Å². The normalized spacial score (nSPS) is 15.9. The van der Waals surface area contributed by atoms with E-state index in [-0.39, 0.29) is 5.75 Å². The van der Waals surface area contributed by atoms with Crippen LogP contribution in [0.4, 0.5) is 5.69 Å². The summed E-state index contributed by atoms with van der Waals surface area (Å²) in [5.74, 6) is 0.216. The van der Waals surface area contributed by atoms with Crippen molar-refractivity contribution in [3.05, 3.63) is 57.6 Å². The summed E-state index contributed by atoms with van der Waals surface area (Å²) in [6, 6.07) is 12.0. The molecule has 0 aliphatic carbocycles. The van der Waals surface area contributed by atoms with Crippen LogP contribution in [0, 0.1) is 6.92 Å². The van der Waals surface area contributed by atoms with E-state index in [1.165, 1.54) is 5.56 Å². The number of rotatable bonds is 4. The summed E-state index contributed by atoms with van der Waals surface area (Å²) in [6.07, 6.45) is 1.70. The third-order valence-corrected chi connectivity index (χ3v) is 4.64. The predicted octanol–water partition coefficient (Wildman–Crippen LogP) is 4.05. The maximum absolute atomic E-state index is 10.1. The number of nitrogens with zero attached hydrogens (tertiary/aromatic N) is 2. The number of morpholine rings is 1. The van der Waals surface area contributed by atoms with E-state index in [9.17, 15) is 5.11 Å². The Hall–Kier alpha value is -1.69. The first-order chi connectivity index (χ1) is 11.6. The summed E-state index contributed by atoms with van der Waals surface area (Å²) >= 11 is 3.35. The standard InChI is InChI=1S/C19H21BrN2O2/c1-14-10-16(19(23)18(20)11-14)12-21-17-4-2-15(3-5-17)13-22-6-8-24-9-7-22/h2-5,10-12,23H,6-9,13H2,1H3. The lowest BCUT2D eigenvalue weighted by molar-refractivity contribution is 0.0342. The molecule has 5 heteroatoms. The van der Waals surface area contributed by atoms with E-state index >= 15 is 0 Å². The van der Waals surface area contributed by atoms with Gasteiger partial charge in [0.25, 0.3) is 0 Å². The lowest BCUT2D eigenvalue weighted by atomic mass is 10.1. The quantitative estimate of drug-likeness (QED) is 0.803. The van der Waals surface area contributed by atoms with Crippen LogP contribution in [0.3, 0.4) is 0 Å². The monoisotopic (exact) mass is 388 g/mol. The van der Waals surface area contributed by atoms with Gasteiger partial charge in [-0.2, -0.15) is 0 Å². The number of benzene rings is 2. The highest BCUT2D eigenvalue weighted by Crippen LogP contribution is 2.28. The second-order valence-corrected chi connectivity index (χ2v) is 6.85. The Kier molecular flexibility index (Phi) is 5.66. The van der Waals surface area contributed by atoms with Crippen LogP contribution in [0.15, 0.2) is 45.9 Å². The minimum absolute atomic E-state index is 0.216. The van der Waals surface area contributed by atoms with Crippen LogP contribution in [0.25, 0.3) is 0 Å².